The normalized spacial score (nSPS) is 16.6. The zero-order chi connectivity index (χ0) is 24.1. The molecular formula is C28H30BrClO2S. The van der Waals surface area contributed by atoms with E-state index in [1.807, 2.05) is 12.2 Å². The first-order valence-electron chi connectivity index (χ1n) is 11.3. The van der Waals surface area contributed by atoms with Gasteiger partial charge in [0.25, 0.3) is 0 Å². The molecule has 1 unspecified atom stereocenters. The van der Waals surface area contributed by atoms with Crippen molar-refractivity contribution in [2.75, 3.05) is 0 Å². The summed E-state index contributed by atoms with van der Waals surface area (Å²) in [5.41, 5.74) is 5.52. The van der Waals surface area contributed by atoms with Gasteiger partial charge in [-0.05, 0) is 94.6 Å². The van der Waals surface area contributed by atoms with Gasteiger partial charge in [-0.1, -0.05) is 67.5 Å². The number of allylic oxidation sites excluding steroid dienone is 8. The van der Waals surface area contributed by atoms with Crippen LogP contribution in [-0.4, -0.2) is 11.1 Å². The van der Waals surface area contributed by atoms with E-state index < -0.39 is 5.97 Å². The van der Waals surface area contributed by atoms with Gasteiger partial charge < -0.3 is 5.11 Å². The van der Waals surface area contributed by atoms with Gasteiger partial charge in [0.1, 0.15) is 0 Å². The fraction of sp³-hybridized carbons (Fsp3) is 0.321. The van der Waals surface area contributed by atoms with E-state index in [1.54, 1.807) is 17.4 Å². The molecule has 1 aromatic heterocycles. The van der Waals surface area contributed by atoms with Crippen LogP contribution in [0.1, 0.15) is 56.6 Å². The minimum absolute atomic E-state index is 0.135. The Kier molecular flexibility index (Phi) is 8.97. The number of carbonyl (C=O) groups is 1. The molecule has 0 fully saturated rings. The van der Waals surface area contributed by atoms with E-state index in [-0.39, 0.29) is 11.8 Å². The van der Waals surface area contributed by atoms with Crippen LogP contribution in [0.3, 0.4) is 0 Å². The van der Waals surface area contributed by atoms with Crippen molar-refractivity contribution < 1.29 is 9.90 Å². The van der Waals surface area contributed by atoms with Crippen LogP contribution < -0.4 is 0 Å². The van der Waals surface area contributed by atoms with Gasteiger partial charge in [-0.3, -0.25) is 0 Å². The van der Waals surface area contributed by atoms with Crippen molar-refractivity contribution in [2.24, 2.45) is 5.92 Å². The Labute approximate surface area is 214 Å². The molecule has 5 heteroatoms. The number of benzene rings is 1. The summed E-state index contributed by atoms with van der Waals surface area (Å²) in [6.07, 6.45) is 13.4. The van der Waals surface area contributed by atoms with Crippen LogP contribution in [0.15, 0.2) is 80.7 Å². The van der Waals surface area contributed by atoms with Crippen molar-refractivity contribution >= 4 is 54.9 Å². The number of carboxylic acids is 1. The maximum Gasteiger partial charge on any atom is 0.331 e. The fourth-order valence-electron chi connectivity index (χ4n) is 4.70. The summed E-state index contributed by atoms with van der Waals surface area (Å²) in [5, 5.41) is 13.5. The molecule has 2 aromatic rings. The maximum absolute atomic E-state index is 11.5. The molecular weight excluding hydrogens is 516 g/mol. The maximum atomic E-state index is 11.5. The summed E-state index contributed by atoms with van der Waals surface area (Å²) >= 11 is 11.6. The van der Waals surface area contributed by atoms with Gasteiger partial charge in [0.2, 0.25) is 0 Å². The van der Waals surface area contributed by atoms with Crippen molar-refractivity contribution in [1.29, 1.82) is 0 Å². The third-order valence-corrected chi connectivity index (χ3v) is 8.28. The molecule has 33 heavy (non-hydrogen) atoms. The Morgan fingerprint density at radius 2 is 2.06 bits per heavy atom. The van der Waals surface area contributed by atoms with Crippen molar-refractivity contribution in [1.82, 2.24) is 0 Å². The largest absolute Gasteiger partial charge is 0.478 e. The highest BCUT2D eigenvalue weighted by atomic mass is 79.9. The van der Waals surface area contributed by atoms with Gasteiger partial charge in [-0.25, -0.2) is 4.79 Å². The highest BCUT2D eigenvalue weighted by molar-refractivity contribution is 9.10. The fourth-order valence-corrected chi connectivity index (χ4v) is 6.61. The molecule has 0 bridgehead atoms. The molecule has 1 aromatic carbocycles. The molecule has 0 saturated carbocycles. The van der Waals surface area contributed by atoms with E-state index in [2.05, 4.69) is 72.9 Å². The second-order valence-corrected chi connectivity index (χ2v) is 10.7. The number of hydrogen-bond acceptors (Lipinski definition) is 2. The van der Waals surface area contributed by atoms with Crippen LogP contribution in [-0.2, 0) is 4.79 Å². The van der Waals surface area contributed by atoms with Crippen molar-refractivity contribution in [3.8, 4) is 0 Å². The quantitative estimate of drug-likeness (QED) is 0.319. The second kappa shape index (κ2) is 11.5. The number of carboxylic acid groups (broad SMARTS) is 1. The lowest BCUT2D eigenvalue weighted by atomic mass is 9.72. The lowest BCUT2D eigenvalue weighted by Crippen LogP contribution is -2.19. The highest BCUT2D eigenvalue weighted by Gasteiger charge is 2.31. The average molecular weight is 546 g/mol. The monoisotopic (exact) mass is 544 g/mol. The zero-order valence-electron chi connectivity index (χ0n) is 19.3. The van der Waals surface area contributed by atoms with Crippen molar-refractivity contribution in [3.63, 3.8) is 0 Å². The van der Waals surface area contributed by atoms with Crippen LogP contribution >= 0.6 is 38.9 Å². The first-order chi connectivity index (χ1) is 15.8. The van der Waals surface area contributed by atoms with Crippen LogP contribution in [0, 0.1) is 12.8 Å². The van der Waals surface area contributed by atoms with Crippen molar-refractivity contribution in [2.45, 2.75) is 52.4 Å². The lowest BCUT2D eigenvalue weighted by molar-refractivity contribution is -0.132. The van der Waals surface area contributed by atoms with Gasteiger partial charge in [0, 0.05) is 25.7 Å². The van der Waals surface area contributed by atoms with Gasteiger partial charge in [0.15, 0.2) is 0 Å². The molecule has 1 N–H and O–H groups in total. The number of thiophene rings is 1. The number of aliphatic carboxylic acids is 1. The smallest absolute Gasteiger partial charge is 0.331 e. The predicted octanol–water partition coefficient (Wildman–Crippen LogP) is 9.46. The van der Waals surface area contributed by atoms with E-state index in [4.69, 9.17) is 11.6 Å². The standard InChI is InChI=1S/C28H30BrClO2S/c1-5-7-22(20-10-12-21(13-11-20)28(31)32)26(19(6-2)9-8-18(4)30)24-16-33-27-23(24)14-17(3)15-25(27)29/h6,8-10,12,14-16,22,26H,4-5,7,11,13H2,1-3H3,(H,31,32)/b9-8-,19-6+/t22-,26?/m1/s1. The number of halogens is 2. The highest BCUT2D eigenvalue weighted by Crippen LogP contribution is 2.47. The topological polar surface area (TPSA) is 37.3 Å². The van der Waals surface area contributed by atoms with Crippen LogP contribution in [0.5, 0.6) is 0 Å². The van der Waals surface area contributed by atoms with E-state index in [0.717, 1.165) is 23.7 Å². The Morgan fingerprint density at radius 1 is 1.30 bits per heavy atom. The summed E-state index contributed by atoms with van der Waals surface area (Å²) in [7, 11) is 0. The van der Waals surface area contributed by atoms with Gasteiger partial charge in [-0.15, -0.1) is 11.3 Å². The third-order valence-electron chi connectivity index (χ3n) is 6.22. The summed E-state index contributed by atoms with van der Waals surface area (Å²) in [5.74, 6) is -0.426. The van der Waals surface area contributed by atoms with Crippen LogP contribution in [0.4, 0.5) is 0 Å². The third kappa shape index (κ3) is 5.98. The predicted molar refractivity (Wildman–Crippen MR) is 146 cm³/mol. The molecule has 1 aliphatic carbocycles. The molecule has 0 spiro atoms. The van der Waals surface area contributed by atoms with Gasteiger partial charge in [0.05, 0.1) is 0 Å². The van der Waals surface area contributed by atoms with Gasteiger partial charge >= 0.3 is 5.97 Å². The summed E-state index contributed by atoms with van der Waals surface area (Å²) in [4.78, 5) is 11.5. The molecule has 1 aliphatic rings. The average Bonchev–Trinajstić information content (AvgIpc) is 3.19. The van der Waals surface area contributed by atoms with E-state index >= 15 is 0 Å². The molecule has 1 heterocycles. The minimum Gasteiger partial charge on any atom is -0.478 e. The van der Waals surface area contributed by atoms with Crippen molar-refractivity contribution in [3.05, 3.63) is 91.8 Å². The SMILES string of the molecule is C=C(Cl)/C=C\C(=C/C)C(c1csc2c(Br)cc(C)cc12)[C@H](CCC)C1=CC=C(C(=O)O)CC1. The molecule has 2 atom stereocenters. The molecule has 0 aliphatic heterocycles. The number of aryl methyl sites for hydroxylation is 1. The number of fused-ring (bicyclic) bond motifs is 1. The molecule has 0 radical (unpaired) electrons. The lowest BCUT2D eigenvalue weighted by Gasteiger charge is -2.32. The summed E-state index contributed by atoms with van der Waals surface area (Å²) in [6, 6.07) is 4.44. The zero-order valence-corrected chi connectivity index (χ0v) is 22.5. The number of hydrogen-bond donors (Lipinski definition) is 1. The molecule has 0 amide bonds. The second-order valence-electron chi connectivity index (χ2n) is 8.49. The van der Waals surface area contributed by atoms with Crippen LogP contribution in [0.25, 0.3) is 10.1 Å². The molecule has 2 nitrogen and oxygen atoms in total. The summed E-state index contributed by atoms with van der Waals surface area (Å²) < 4.78 is 2.37. The molecule has 174 valence electrons. The molecule has 3 rings (SSSR count). The Balaban J connectivity index is 2.22. The number of rotatable bonds is 9. The molecule has 0 saturated heterocycles. The van der Waals surface area contributed by atoms with Crippen LogP contribution in [0.2, 0.25) is 0 Å². The van der Waals surface area contributed by atoms with E-state index in [9.17, 15) is 9.90 Å². The summed E-state index contributed by atoms with van der Waals surface area (Å²) in [6.45, 7) is 10.2. The van der Waals surface area contributed by atoms with E-state index in [0.29, 0.717) is 17.0 Å². The Morgan fingerprint density at radius 3 is 2.64 bits per heavy atom. The first kappa shape index (κ1) is 25.7. The minimum atomic E-state index is -0.823. The van der Waals surface area contributed by atoms with E-state index in [1.165, 1.54) is 32.4 Å². The van der Waals surface area contributed by atoms with Gasteiger partial charge in [-0.2, -0.15) is 0 Å². The first-order valence-corrected chi connectivity index (χ1v) is 13.3. The Hall–Kier alpha value is -1.88. The Bertz CT molecular complexity index is 1180.